The molecule has 0 spiro atoms. The Morgan fingerprint density at radius 2 is 1.94 bits per heavy atom. The Morgan fingerprint density at radius 3 is 2.38 bits per heavy atom. The molecule has 0 heterocycles. The van der Waals surface area contributed by atoms with Crippen molar-refractivity contribution in [2.45, 2.75) is 38.4 Å². The first-order valence-corrected chi connectivity index (χ1v) is 6.55. The number of ketones is 1. The van der Waals surface area contributed by atoms with Crippen molar-refractivity contribution in [3.05, 3.63) is 33.8 Å². The SMILES string of the molecule is CC(=O)C(Br)C(C)c1c(C)cc(C)cc1Cl. The lowest BCUT2D eigenvalue weighted by Gasteiger charge is -2.20. The van der Waals surface area contributed by atoms with Gasteiger partial charge in [0, 0.05) is 10.9 Å². The van der Waals surface area contributed by atoms with E-state index in [1.54, 1.807) is 6.92 Å². The normalized spacial score (nSPS) is 14.6. The molecule has 0 amide bonds. The van der Waals surface area contributed by atoms with Gasteiger partial charge >= 0.3 is 0 Å². The van der Waals surface area contributed by atoms with E-state index in [1.165, 1.54) is 0 Å². The summed E-state index contributed by atoms with van der Waals surface area (Å²) in [5.41, 5.74) is 3.35. The molecule has 0 aliphatic rings. The van der Waals surface area contributed by atoms with Crippen molar-refractivity contribution in [1.82, 2.24) is 0 Å². The van der Waals surface area contributed by atoms with Crippen LogP contribution in [-0.2, 0) is 4.79 Å². The topological polar surface area (TPSA) is 17.1 Å². The van der Waals surface area contributed by atoms with E-state index in [4.69, 9.17) is 11.6 Å². The zero-order valence-electron chi connectivity index (χ0n) is 9.97. The number of carbonyl (C=O) groups is 1. The molecule has 0 radical (unpaired) electrons. The lowest BCUT2D eigenvalue weighted by atomic mass is 9.91. The first kappa shape index (κ1) is 13.7. The summed E-state index contributed by atoms with van der Waals surface area (Å²) in [5, 5.41) is 0.746. The molecule has 1 nitrogen and oxygen atoms in total. The Balaban J connectivity index is 3.18. The summed E-state index contributed by atoms with van der Waals surface area (Å²) in [6.07, 6.45) is 0. The van der Waals surface area contributed by atoms with Gasteiger partial charge in [0.1, 0.15) is 5.78 Å². The van der Waals surface area contributed by atoms with Crippen LogP contribution < -0.4 is 0 Å². The van der Waals surface area contributed by atoms with Crippen LogP contribution in [0.2, 0.25) is 5.02 Å². The minimum atomic E-state index is -0.175. The van der Waals surface area contributed by atoms with Gasteiger partial charge in [-0.05, 0) is 43.5 Å². The Hall–Kier alpha value is -0.340. The molecule has 0 N–H and O–H groups in total. The standard InChI is InChI=1S/C13H16BrClO/c1-7-5-8(2)12(11(15)6-7)9(3)13(14)10(4)16/h5-6,9,13H,1-4H3. The van der Waals surface area contributed by atoms with Crippen LogP contribution in [-0.4, -0.2) is 10.6 Å². The van der Waals surface area contributed by atoms with Crippen LogP contribution in [0.25, 0.3) is 0 Å². The van der Waals surface area contributed by atoms with E-state index in [1.807, 2.05) is 26.8 Å². The number of benzene rings is 1. The average molecular weight is 304 g/mol. The molecule has 1 aromatic carbocycles. The highest BCUT2D eigenvalue weighted by atomic mass is 79.9. The molecule has 0 fully saturated rings. The number of halogens is 2. The van der Waals surface area contributed by atoms with Gasteiger partial charge in [-0.15, -0.1) is 0 Å². The van der Waals surface area contributed by atoms with E-state index < -0.39 is 0 Å². The predicted octanol–water partition coefficient (Wildman–Crippen LogP) is 4.41. The molecular formula is C13H16BrClO. The molecule has 0 saturated heterocycles. The van der Waals surface area contributed by atoms with Gasteiger partial charge in [0.2, 0.25) is 0 Å². The number of alkyl halides is 1. The van der Waals surface area contributed by atoms with Crippen LogP contribution in [0.1, 0.15) is 36.5 Å². The summed E-state index contributed by atoms with van der Waals surface area (Å²) >= 11 is 9.67. The summed E-state index contributed by atoms with van der Waals surface area (Å²) < 4.78 is 0. The Labute approximate surface area is 110 Å². The summed E-state index contributed by atoms with van der Waals surface area (Å²) in [6, 6.07) is 4.04. The van der Waals surface area contributed by atoms with Gasteiger partial charge in [-0.1, -0.05) is 40.5 Å². The van der Waals surface area contributed by atoms with Crippen LogP contribution in [0, 0.1) is 13.8 Å². The molecule has 0 aliphatic heterocycles. The third-order valence-corrected chi connectivity index (χ3v) is 4.51. The largest absolute Gasteiger partial charge is 0.299 e. The third-order valence-electron chi connectivity index (χ3n) is 2.76. The van der Waals surface area contributed by atoms with E-state index in [0.717, 1.165) is 21.7 Å². The number of hydrogen-bond acceptors (Lipinski definition) is 1. The fourth-order valence-electron chi connectivity index (χ4n) is 2.00. The van der Waals surface area contributed by atoms with Crippen molar-refractivity contribution in [2.75, 3.05) is 0 Å². The zero-order chi connectivity index (χ0) is 12.5. The second-order valence-electron chi connectivity index (χ2n) is 4.28. The highest BCUT2D eigenvalue weighted by Gasteiger charge is 2.23. The third kappa shape index (κ3) is 2.86. The van der Waals surface area contributed by atoms with Crippen LogP contribution in [0.5, 0.6) is 0 Å². The second-order valence-corrected chi connectivity index (χ2v) is 5.67. The molecule has 0 aliphatic carbocycles. The lowest BCUT2D eigenvalue weighted by molar-refractivity contribution is -0.116. The van der Waals surface area contributed by atoms with E-state index in [-0.39, 0.29) is 16.5 Å². The molecule has 0 saturated carbocycles. The van der Waals surface area contributed by atoms with Crippen LogP contribution >= 0.6 is 27.5 Å². The molecule has 1 aromatic rings. The minimum absolute atomic E-state index is 0.0885. The first-order chi connectivity index (χ1) is 7.34. The van der Waals surface area contributed by atoms with Crippen LogP contribution in [0.3, 0.4) is 0 Å². The van der Waals surface area contributed by atoms with Crippen LogP contribution in [0.15, 0.2) is 12.1 Å². The molecule has 16 heavy (non-hydrogen) atoms. The molecule has 2 unspecified atom stereocenters. The number of Topliss-reactive ketones (excluding diaryl/α,β-unsaturated/α-hetero) is 1. The van der Waals surface area contributed by atoms with Crippen molar-refractivity contribution in [3.63, 3.8) is 0 Å². The fraction of sp³-hybridized carbons (Fsp3) is 0.462. The van der Waals surface area contributed by atoms with Gasteiger partial charge in [0.25, 0.3) is 0 Å². The van der Waals surface area contributed by atoms with E-state index >= 15 is 0 Å². The van der Waals surface area contributed by atoms with Gasteiger partial charge in [0.05, 0.1) is 4.83 Å². The summed E-state index contributed by atoms with van der Waals surface area (Å²) in [6.45, 7) is 7.66. The van der Waals surface area contributed by atoms with Gasteiger partial charge in [-0.25, -0.2) is 0 Å². The summed E-state index contributed by atoms with van der Waals surface area (Å²) in [7, 11) is 0. The maximum absolute atomic E-state index is 11.4. The summed E-state index contributed by atoms with van der Waals surface area (Å²) in [5.74, 6) is 0.217. The monoisotopic (exact) mass is 302 g/mol. The number of aryl methyl sites for hydroxylation is 2. The quantitative estimate of drug-likeness (QED) is 0.756. The van der Waals surface area contributed by atoms with E-state index in [0.29, 0.717) is 0 Å². The van der Waals surface area contributed by atoms with Gasteiger partial charge in [0.15, 0.2) is 0 Å². The van der Waals surface area contributed by atoms with E-state index in [9.17, 15) is 4.79 Å². The van der Waals surface area contributed by atoms with Gasteiger partial charge < -0.3 is 0 Å². The fourth-order valence-corrected chi connectivity index (χ4v) is 2.76. The molecule has 1 rings (SSSR count). The Kier molecular flexibility index (Phi) is 4.57. The van der Waals surface area contributed by atoms with Gasteiger partial charge in [-0.2, -0.15) is 0 Å². The van der Waals surface area contributed by atoms with Crippen molar-refractivity contribution in [3.8, 4) is 0 Å². The highest BCUT2D eigenvalue weighted by molar-refractivity contribution is 9.10. The molecule has 2 atom stereocenters. The molecule has 0 bridgehead atoms. The van der Waals surface area contributed by atoms with Crippen molar-refractivity contribution < 1.29 is 4.79 Å². The smallest absolute Gasteiger partial charge is 0.144 e. The number of rotatable bonds is 3. The maximum Gasteiger partial charge on any atom is 0.144 e. The predicted molar refractivity (Wildman–Crippen MR) is 72.7 cm³/mol. The second kappa shape index (κ2) is 5.33. The molecule has 0 aromatic heterocycles. The zero-order valence-corrected chi connectivity index (χ0v) is 12.3. The maximum atomic E-state index is 11.4. The lowest BCUT2D eigenvalue weighted by Crippen LogP contribution is -2.18. The molecular weight excluding hydrogens is 287 g/mol. The Morgan fingerprint density at radius 1 is 1.38 bits per heavy atom. The van der Waals surface area contributed by atoms with Gasteiger partial charge in [-0.3, -0.25) is 4.79 Å². The van der Waals surface area contributed by atoms with Crippen molar-refractivity contribution in [2.24, 2.45) is 0 Å². The average Bonchev–Trinajstić information content (AvgIpc) is 2.14. The number of carbonyl (C=O) groups excluding carboxylic acids is 1. The summed E-state index contributed by atoms with van der Waals surface area (Å²) in [4.78, 5) is 11.2. The Bertz CT molecular complexity index is 391. The molecule has 88 valence electrons. The van der Waals surface area contributed by atoms with E-state index in [2.05, 4.69) is 22.0 Å². The van der Waals surface area contributed by atoms with Crippen molar-refractivity contribution in [1.29, 1.82) is 0 Å². The van der Waals surface area contributed by atoms with Crippen molar-refractivity contribution >= 4 is 33.3 Å². The first-order valence-electron chi connectivity index (χ1n) is 5.25. The highest BCUT2D eigenvalue weighted by Crippen LogP contribution is 2.34. The molecule has 3 heteroatoms. The van der Waals surface area contributed by atoms with Crippen LogP contribution in [0.4, 0.5) is 0 Å². The number of hydrogen-bond donors (Lipinski definition) is 0. The minimum Gasteiger partial charge on any atom is -0.299 e.